The van der Waals surface area contributed by atoms with Crippen LogP contribution in [-0.4, -0.2) is 10.2 Å². The van der Waals surface area contributed by atoms with Gasteiger partial charge in [0.15, 0.2) is 5.01 Å². The Morgan fingerprint density at radius 3 is 2.58 bits per heavy atom. The topological polar surface area (TPSA) is 25.8 Å². The van der Waals surface area contributed by atoms with Gasteiger partial charge in [-0.15, -0.1) is 21.5 Å². The zero-order valence-electron chi connectivity index (χ0n) is 5.62. The Balaban J connectivity index is 2.43. The molecule has 2 rings (SSSR count). The van der Waals surface area contributed by atoms with Crippen LogP contribution in [0.3, 0.4) is 0 Å². The molecule has 0 unspecified atom stereocenters. The minimum absolute atomic E-state index is 0.481. The molecule has 0 bridgehead atoms. The molecule has 2 heterocycles. The second kappa shape index (κ2) is 3.41. The predicted molar refractivity (Wildman–Crippen MR) is 55.9 cm³/mol. The molecule has 0 aliphatic carbocycles. The summed E-state index contributed by atoms with van der Waals surface area (Å²) in [6.45, 7) is 0. The maximum absolute atomic E-state index is 5.65. The fourth-order valence-electron chi connectivity index (χ4n) is 0.734. The van der Waals surface area contributed by atoms with Gasteiger partial charge in [0.1, 0.15) is 0 Å². The Kier molecular flexibility index (Phi) is 2.45. The number of halogens is 2. The maximum Gasteiger partial charge on any atom is 0.207 e. The Morgan fingerprint density at radius 2 is 2.08 bits per heavy atom. The molecule has 2 nitrogen and oxygen atoms in total. The molecule has 0 spiro atoms. The summed E-state index contributed by atoms with van der Waals surface area (Å²) in [5, 5.41) is 8.52. The summed E-state index contributed by atoms with van der Waals surface area (Å²) in [7, 11) is 0. The van der Waals surface area contributed by atoms with E-state index >= 15 is 0 Å². The van der Waals surface area contributed by atoms with Gasteiger partial charge >= 0.3 is 0 Å². The summed E-state index contributed by atoms with van der Waals surface area (Å²) in [5.41, 5.74) is 0. The van der Waals surface area contributed by atoms with Crippen LogP contribution >= 0.6 is 50.2 Å². The van der Waals surface area contributed by atoms with Gasteiger partial charge in [0, 0.05) is 0 Å². The molecule has 2 aromatic heterocycles. The van der Waals surface area contributed by atoms with E-state index in [1.807, 2.05) is 12.1 Å². The minimum Gasteiger partial charge on any atom is -0.136 e. The molecule has 12 heavy (non-hydrogen) atoms. The summed E-state index contributed by atoms with van der Waals surface area (Å²) in [5.74, 6) is 0. The Hall–Kier alpha value is 0.0300. The number of hydrogen-bond acceptors (Lipinski definition) is 4. The molecule has 0 aliphatic rings. The largest absolute Gasteiger partial charge is 0.207 e. The van der Waals surface area contributed by atoms with E-state index in [-0.39, 0.29) is 0 Å². The standard InChI is InChI=1S/C6H2BrClN2S2/c7-4-2-1-3(11-4)5-9-10-6(8)12-5/h1-2H. The first-order chi connectivity index (χ1) is 5.75. The Bertz CT molecular complexity index is 359. The molecular weight excluding hydrogens is 280 g/mol. The maximum atomic E-state index is 5.65. The van der Waals surface area contributed by atoms with Crippen LogP contribution in [0, 0.1) is 0 Å². The summed E-state index contributed by atoms with van der Waals surface area (Å²) < 4.78 is 1.57. The van der Waals surface area contributed by atoms with Crippen LogP contribution in [0.15, 0.2) is 15.9 Å². The normalized spacial score (nSPS) is 10.5. The van der Waals surface area contributed by atoms with Crippen molar-refractivity contribution in [3.05, 3.63) is 20.4 Å². The van der Waals surface area contributed by atoms with Crippen molar-refractivity contribution in [2.75, 3.05) is 0 Å². The lowest BCUT2D eigenvalue weighted by atomic mass is 10.5. The molecule has 0 aliphatic heterocycles. The molecule has 0 radical (unpaired) electrons. The average Bonchev–Trinajstić information content (AvgIpc) is 2.58. The zero-order valence-corrected chi connectivity index (χ0v) is 9.60. The molecule has 62 valence electrons. The van der Waals surface area contributed by atoms with Gasteiger partial charge in [0.25, 0.3) is 0 Å². The van der Waals surface area contributed by atoms with E-state index in [0.717, 1.165) is 13.7 Å². The average molecular weight is 282 g/mol. The highest BCUT2D eigenvalue weighted by Crippen LogP contribution is 2.33. The van der Waals surface area contributed by atoms with Crippen molar-refractivity contribution in [1.29, 1.82) is 0 Å². The van der Waals surface area contributed by atoms with Crippen molar-refractivity contribution in [2.45, 2.75) is 0 Å². The monoisotopic (exact) mass is 280 g/mol. The van der Waals surface area contributed by atoms with Crippen LogP contribution in [0.2, 0.25) is 4.47 Å². The molecule has 0 saturated heterocycles. The van der Waals surface area contributed by atoms with Gasteiger partial charge in [0.2, 0.25) is 4.47 Å². The SMILES string of the molecule is Clc1nnc(-c2ccc(Br)s2)s1. The van der Waals surface area contributed by atoms with Gasteiger partial charge in [-0.2, -0.15) is 0 Å². The molecule has 6 heteroatoms. The second-order valence-corrected chi connectivity index (χ2v) is 5.99. The molecular formula is C6H2BrClN2S2. The molecule has 0 fully saturated rings. The summed E-state index contributed by atoms with van der Waals surface area (Å²) >= 11 is 12.0. The van der Waals surface area contributed by atoms with Crippen LogP contribution in [0.4, 0.5) is 0 Å². The fourth-order valence-corrected chi connectivity index (χ4v) is 3.00. The molecule has 0 atom stereocenters. The number of hydrogen-bond donors (Lipinski definition) is 0. The Morgan fingerprint density at radius 1 is 1.25 bits per heavy atom. The summed E-state index contributed by atoms with van der Waals surface area (Å²) in [6.07, 6.45) is 0. The molecule has 0 N–H and O–H groups in total. The first kappa shape index (κ1) is 8.62. The van der Waals surface area contributed by atoms with Crippen molar-refractivity contribution in [3.63, 3.8) is 0 Å². The van der Waals surface area contributed by atoms with E-state index in [0.29, 0.717) is 4.47 Å². The van der Waals surface area contributed by atoms with Crippen LogP contribution in [0.1, 0.15) is 0 Å². The predicted octanol–water partition coefficient (Wildman–Crippen LogP) is 3.68. The van der Waals surface area contributed by atoms with Crippen LogP contribution in [0.25, 0.3) is 9.88 Å². The summed E-state index contributed by atoms with van der Waals surface area (Å²) in [6, 6.07) is 3.97. The third-order valence-corrected chi connectivity index (χ3v) is 4.00. The van der Waals surface area contributed by atoms with Crippen LogP contribution < -0.4 is 0 Å². The van der Waals surface area contributed by atoms with Gasteiger partial charge in [-0.1, -0.05) is 11.3 Å². The number of thiophene rings is 1. The van der Waals surface area contributed by atoms with Gasteiger partial charge in [0.05, 0.1) is 8.66 Å². The first-order valence-electron chi connectivity index (χ1n) is 3.00. The van der Waals surface area contributed by atoms with Crippen molar-refractivity contribution >= 4 is 50.2 Å². The van der Waals surface area contributed by atoms with Crippen LogP contribution in [0.5, 0.6) is 0 Å². The van der Waals surface area contributed by atoms with Gasteiger partial charge in [-0.25, -0.2) is 0 Å². The van der Waals surface area contributed by atoms with Crippen molar-refractivity contribution in [3.8, 4) is 9.88 Å². The van der Waals surface area contributed by atoms with E-state index in [1.165, 1.54) is 11.3 Å². The van der Waals surface area contributed by atoms with E-state index in [4.69, 9.17) is 11.6 Å². The lowest BCUT2D eigenvalue weighted by molar-refractivity contribution is 1.10. The van der Waals surface area contributed by atoms with Gasteiger partial charge in [-0.3, -0.25) is 0 Å². The number of aromatic nitrogens is 2. The smallest absolute Gasteiger partial charge is 0.136 e. The summed E-state index contributed by atoms with van der Waals surface area (Å²) in [4.78, 5) is 1.09. The highest BCUT2D eigenvalue weighted by atomic mass is 79.9. The van der Waals surface area contributed by atoms with Crippen LogP contribution in [-0.2, 0) is 0 Å². The quantitative estimate of drug-likeness (QED) is 0.797. The highest BCUT2D eigenvalue weighted by Gasteiger charge is 2.06. The third kappa shape index (κ3) is 1.69. The van der Waals surface area contributed by atoms with Crippen molar-refractivity contribution < 1.29 is 0 Å². The van der Waals surface area contributed by atoms with Crippen molar-refractivity contribution in [2.24, 2.45) is 0 Å². The minimum atomic E-state index is 0.481. The van der Waals surface area contributed by atoms with E-state index in [9.17, 15) is 0 Å². The second-order valence-electron chi connectivity index (χ2n) is 1.96. The molecule has 0 aromatic carbocycles. The zero-order chi connectivity index (χ0) is 8.55. The van der Waals surface area contributed by atoms with E-state index in [1.54, 1.807) is 11.3 Å². The van der Waals surface area contributed by atoms with E-state index in [2.05, 4.69) is 26.1 Å². The van der Waals surface area contributed by atoms with Gasteiger partial charge < -0.3 is 0 Å². The Labute approximate surface area is 90.3 Å². The number of rotatable bonds is 1. The molecule has 0 amide bonds. The molecule has 0 saturated carbocycles. The highest BCUT2D eigenvalue weighted by molar-refractivity contribution is 9.11. The van der Waals surface area contributed by atoms with Crippen molar-refractivity contribution in [1.82, 2.24) is 10.2 Å². The fraction of sp³-hybridized carbons (Fsp3) is 0. The molecule has 2 aromatic rings. The van der Waals surface area contributed by atoms with E-state index < -0.39 is 0 Å². The lowest BCUT2D eigenvalue weighted by Gasteiger charge is -1.82. The van der Waals surface area contributed by atoms with Gasteiger partial charge in [-0.05, 0) is 39.7 Å². The third-order valence-electron chi connectivity index (χ3n) is 1.18. The lowest BCUT2D eigenvalue weighted by Crippen LogP contribution is -1.68. The first-order valence-corrected chi connectivity index (χ1v) is 5.81. The number of nitrogens with zero attached hydrogens (tertiary/aromatic N) is 2.